The Bertz CT molecular complexity index is 498. The smallest absolute Gasteiger partial charge is 0.191 e. The lowest BCUT2D eigenvalue weighted by Crippen LogP contribution is -2.41. The number of aliphatic hydroxyl groups excluding tert-OH is 1. The molecule has 0 aliphatic rings. The highest BCUT2D eigenvalue weighted by molar-refractivity contribution is 14.0. The minimum atomic E-state index is -0.944. The van der Waals surface area contributed by atoms with Crippen molar-refractivity contribution in [2.45, 2.75) is 32.5 Å². The third kappa shape index (κ3) is 7.94. The number of aliphatic hydroxyl groups is 1. The van der Waals surface area contributed by atoms with E-state index in [4.69, 9.17) is 4.74 Å². The number of aliphatic imine (C=N–C) groups is 1. The maximum absolute atomic E-state index is 13.6. The van der Waals surface area contributed by atoms with E-state index in [0.29, 0.717) is 19.0 Å². The lowest BCUT2D eigenvalue weighted by atomic mass is 10.1. The number of guanidine groups is 1. The molecule has 1 aromatic rings. The van der Waals surface area contributed by atoms with Gasteiger partial charge in [0.15, 0.2) is 5.96 Å². The Morgan fingerprint density at radius 2 is 2.00 bits per heavy atom. The molecule has 1 aromatic carbocycles. The first-order valence-corrected chi connectivity index (χ1v) is 7.39. The third-order valence-electron chi connectivity index (χ3n) is 3.24. The van der Waals surface area contributed by atoms with Gasteiger partial charge in [0.1, 0.15) is 5.82 Å². The van der Waals surface area contributed by atoms with E-state index >= 15 is 0 Å². The number of benzene rings is 1. The molecule has 5 nitrogen and oxygen atoms in total. The molecular formula is C16H27FIN3O2. The zero-order chi connectivity index (χ0) is 16.6. The van der Waals surface area contributed by atoms with Crippen LogP contribution in [0.1, 0.15) is 32.4 Å². The Morgan fingerprint density at radius 1 is 1.35 bits per heavy atom. The molecule has 0 radical (unpaired) electrons. The number of halogens is 2. The van der Waals surface area contributed by atoms with Gasteiger partial charge in [-0.3, -0.25) is 4.99 Å². The molecule has 0 saturated carbocycles. The summed E-state index contributed by atoms with van der Waals surface area (Å²) in [5.41, 5.74) is -0.102. The van der Waals surface area contributed by atoms with Crippen molar-refractivity contribution in [3.05, 3.63) is 35.6 Å². The fraction of sp³-hybridized carbons (Fsp3) is 0.562. The molecule has 3 N–H and O–H groups in total. The molecule has 23 heavy (non-hydrogen) atoms. The van der Waals surface area contributed by atoms with Crippen molar-refractivity contribution in [1.82, 2.24) is 10.6 Å². The molecular weight excluding hydrogens is 412 g/mol. The molecule has 0 bridgehead atoms. The molecule has 1 unspecified atom stereocenters. The van der Waals surface area contributed by atoms with Crippen LogP contribution in [0.5, 0.6) is 0 Å². The first-order chi connectivity index (χ1) is 10.4. The quantitative estimate of drug-likeness (QED) is 0.347. The summed E-state index contributed by atoms with van der Waals surface area (Å²) in [4.78, 5) is 4.41. The van der Waals surface area contributed by atoms with Crippen molar-refractivity contribution in [3.8, 4) is 0 Å². The first-order valence-electron chi connectivity index (χ1n) is 7.39. The molecule has 1 atom stereocenters. The van der Waals surface area contributed by atoms with E-state index in [2.05, 4.69) is 15.6 Å². The molecule has 1 rings (SSSR count). The Balaban J connectivity index is 0.00000484. The summed E-state index contributed by atoms with van der Waals surface area (Å²) in [6, 6.07) is 6.19. The molecule has 7 heteroatoms. The van der Waals surface area contributed by atoms with Crippen molar-refractivity contribution in [2.24, 2.45) is 4.99 Å². The standard InChI is InChI=1S/C16H26FN3O2.HI/c1-5-18-15(20-11-16(2,3)22-4)19-10-14(21)12-8-6-7-9-13(12)17;/h6-9,14,21H,5,10-11H2,1-4H3,(H2,18,19,20);1H. The molecule has 0 heterocycles. The predicted molar refractivity (Wildman–Crippen MR) is 102 cm³/mol. The van der Waals surface area contributed by atoms with Gasteiger partial charge in [0.05, 0.1) is 18.2 Å². The maximum Gasteiger partial charge on any atom is 0.191 e. The van der Waals surface area contributed by atoms with Crippen LogP contribution >= 0.6 is 24.0 Å². The van der Waals surface area contributed by atoms with E-state index in [1.54, 1.807) is 25.3 Å². The second kappa shape index (κ2) is 10.8. The zero-order valence-corrected chi connectivity index (χ0v) is 16.4. The largest absolute Gasteiger partial charge is 0.386 e. The molecule has 0 saturated heterocycles. The van der Waals surface area contributed by atoms with Gasteiger partial charge in [0.2, 0.25) is 0 Å². The monoisotopic (exact) mass is 439 g/mol. The Morgan fingerprint density at radius 3 is 2.57 bits per heavy atom. The van der Waals surface area contributed by atoms with Gasteiger partial charge in [-0.2, -0.15) is 0 Å². The van der Waals surface area contributed by atoms with Crippen molar-refractivity contribution < 1.29 is 14.2 Å². The summed E-state index contributed by atoms with van der Waals surface area (Å²) in [5, 5.41) is 16.2. The van der Waals surface area contributed by atoms with E-state index in [9.17, 15) is 9.50 Å². The molecule has 0 aliphatic carbocycles. The molecule has 132 valence electrons. The van der Waals surface area contributed by atoms with Gasteiger partial charge in [0.25, 0.3) is 0 Å². The van der Waals surface area contributed by atoms with Gasteiger partial charge >= 0.3 is 0 Å². The van der Waals surface area contributed by atoms with Gasteiger partial charge < -0.3 is 20.5 Å². The van der Waals surface area contributed by atoms with Crippen molar-refractivity contribution in [1.29, 1.82) is 0 Å². The minimum Gasteiger partial charge on any atom is -0.386 e. The zero-order valence-electron chi connectivity index (χ0n) is 14.1. The first kappa shape index (κ1) is 22.1. The number of rotatable bonds is 7. The van der Waals surface area contributed by atoms with Crippen LogP contribution in [-0.4, -0.2) is 43.4 Å². The molecule has 0 aromatic heterocycles. The summed E-state index contributed by atoms with van der Waals surface area (Å²) in [7, 11) is 1.64. The minimum absolute atomic E-state index is 0. The van der Waals surface area contributed by atoms with Crippen molar-refractivity contribution in [2.75, 3.05) is 26.7 Å². The number of ether oxygens (including phenoxy) is 1. The highest BCUT2D eigenvalue weighted by Crippen LogP contribution is 2.15. The number of nitrogens with zero attached hydrogens (tertiary/aromatic N) is 1. The van der Waals surface area contributed by atoms with Gasteiger partial charge in [0, 0.05) is 25.8 Å². The number of hydrogen-bond acceptors (Lipinski definition) is 3. The van der Waals surface area contributed by atoms with Crippen LogP contribution in [0.2, 0.25) is 0 Å². The maximum atomic E-state index is 13.6. The normalized spacial score (nSPS) is 13.2. The van der Waals surface area contributed by atoms with E-state index < -0.39 is 11.9 Å². The van der Waals surface area contributed by atoms with E-state index in [-0.39, 0.29) is 41.7 Å². The van der Waals surface area contributed by atoms with Crippen LogP contribution in [0.15, 0.2) is 29.3 Å². The number of hydrogen-bond donors (Lipinski definition) is 3. The van der Waals surface area contributed by atoms with E-state index in [1.165, 1.54) is 6.07 Å². The van der Waals surface area contributed by atoms with Crippen LogP contribution in [0, 0.1) is 5.82 Å². The summed E-state index contributed by atoms with van der Waals surface area (Å²) in [6.07, 6.45) is -0.944. The van der Waals surface area contributed by atoms with Gasteiger partial charge in [-0.15, -0.1) is 24.0 Å². The van der Waals surface area contributed by atoms with Crippen LogP contribution in [0.3, 0.4) is 0 Å². The topological polar surface area (TPSA) is 65.9 Å². The fourth-order valence-corrected chi connectivity index (χ4v) is 1.72. The summed E-state index contributed by atoms with van der Waals surface area (Å²) in [6.45, 7) is 7.15. The molecule has 0 aliphatic heterocycles. The second-order valence-corrected chi connectivity index (χ2v) is 5.58. The Hall–Kier alpha value is -0.930. The van der Waals surface area contributed by atoms with Crippen LogP contribution in [-0.2, 0) is 4.74 Å². The highest BCUT2D eigenvalue weighted by atomic mass is 127. The predicted octanol–water partition coefficient (Wildman–Crippen LogP) is 2.46. The molecule has 0 amide bonds. The summed E-state index contributed by atoms with van der Waals surface area (Å²) < 4.78 is 18.9. The van der Waals surface area contributed by atoms with Gasteiger partial charge in [-0.1, -0.05) is 18.2 Å². The van der Waals surface area contributed by atoms with E-state index in [1.807, 2.05) is 20.8 Å². The van der Waals surface area contributed by atoms with Gasteiger partial charge in [-0.05, 0) is 26.8 Å². The SMILES string of the molecule is CCNC(=NCC(C)(C)OC)NCC(O)c1ccccc1F.I. The average Bonchev–Trinajstić information content (AvgIpc) is 2.50. The fourth-order valence-electron chi connectivity index (χ4n) is 1.72. The molecule has 0 fully saturated rings. The number of nitrogens with one attached hydrogen (secondary N) is 2. The summed E-state index contributed by atoms with van der Waals surface area (Å²) >= 11 is 0. The van der Waals surface area contributed by atoms with Crippen molar-refractivity contribution in [3.63, 3.8) is 0 Å². The highest BCUT2D eigenvalue weighted by Gasteiger charge is 2.16. The third-order valence-corrected chi connectivity index (χ3v) is 3.24. The lowest BCUT2D eigenvalue weighted by molar-refractivity contribution is 0.0310. The Labute approximate surface area is 154 Å². The van der Waals surface area contributed by atoms with Crippen LogP contribution in [0.25, 0.3) is 0 Å². The van der Waals surface area contributed by atoms with Crippen LogP contribution in [0.4, 0.5) is 4.39 Å². The summed E-state index contributed by atoms with van der Waals surface area (Å²) in [5.74, 6) is 0.141. The number of methoxy groups -OCH3 is 1. The van der Waals surface area contributed by atoms with E-state index in [0.717, 1.165) is 0 Å². The van der Waals surface area contributed by atoms with Crippen molar-refractivity contribution >= 4 is 29.9 Å². The average molecular weight is 439 g/mol. The Kier molecular flexibility index (Phi) is 10.3. The van der Waals surface area contributed by atoms with Gasteiger partial charge in [-0.25, -0.2) is 4.39 Å². The second-order valence-electron chi connectivity index (χ2n) is 5.58. The lowest BCUT2D eigenvalue weighted by Gasteiger charge is -2.22. The molecule has 0 spiro atoms. The van der Waals surface area contributed by atoms with Crippen LogP contribution < -0.4 is 10.6 Å².